The summed E-state index contributed by atoms with van der Waals surface area (Å²) in [6.45, 7) is 2.01. The Hall–Kier alpha value is -0.800. The molecule has 66 valence electrons. The molecule has 0 saturated heterocycles. The topological polar surface area (TPSA) is 17.1 Å². The van der Waals surface area contributed by atoms with E-state index in [-0.39, 0.29) is 0 Å². The highest BCUT2D eigenvalue weighted by Crippen LogP contribution is 2.32. The third kappa shape index (κ3) is 1.28. The van der Waals surface area contributed by atoms with Crippen LogP contribution in [0, 0.1) is 6.92 Å². The average molecular weight is 208 g/mol. The van der Waals surface area contributed by atoms with Crippen molar-refractivity contribution in [3.8, 4) is 0 Å². The molecule has 0 amide bonds. The lowest BCUT2D eigenvalue weighted by Crippen LogP contribution is -1.82. The van der Waals surface area contributed by atoms with Crippen molar-refractivity contribution in [2.24, 2.45) is 0 Å². The molecule has 0 radical (unpaired) electrons. The molecular weight excluding hydrogens is 200 g/mol. The van der Waals surface area contributed by atoms with Crippen LogP contribution in [-0.4, -0.2) is 6.29 Å². The molecule has 0 N–H and O–H groups in total. The monoisotopic (exact) mass is 208 g/mol. The van der Waals surface area contributed by atoms with Gasteiger partial charge in [-0.2, -0.15) is 0 Å². The van der Waals surface area contributed by atoms with Crippen molar-refractivity contribution in [1.82, 2.24) is 0 Å². The lowest BCUT2D eigenvalue weighted by Gasteiger charge is -1.98. The zero-order valence-electron chi connectivity index (χ0n) is 7.07. The van der Waals surface area contributed by atoms with Crippen molar-refractivity contribution in [1.29, 1.82) is 0 Å². The van der Waals surface area contributed by atoms with Crippen LogP contribution in [0.3, 0.4) is 0 Å². The van der Waals surface area contributed by atoms with Gasteiger partial charge in [0.15, 0.2) is 6.29 Å². The summed E-state index contributed by atoms with van der Waals surface area (Å²) in [5.74, 6) is 0. The molecule has 0 spiro atoms. The molecule has 1 aromatic carbocycles. The fourth-order valence-corrected chi connectivity index (χ4v) is 2.76. The van der Waals surface area contributed by atoms with Gasteiger partial charge in [0.05, 0.1) is 0 Å². The molecule has 2 rings (SSSR count). The van der Waals surface area contributed by atoms with E-state index in [1.54, 1.807) is 11.3 Å². The van der Waals surface area contributed by atoms with E-state index in [0.717, 1.165) is 32.4 Å². The number of thiol groups is 1. The lowest BCUT2D eigenvalue weighted by molar-refractivity contribution is 0.112. The van der Waals surface area contributed by atoms with E-state index in [0.29, 0.717) is 0 Å². The quantitative estimate of drug-likeness (QED) is 0.562. The Balaban J connectivity index is 2.96. The zero-order chi connectivity index (χ0) is 9.42. The number of fused-ring (bicyclic) bond motifs is 1. The van der Waals surface area contributed by atoms with Crippen molar-refractivity contribution < 1.29 is 4.79 Å². The minimum Gasteiger partial charge on any atom is -0.298 e. The number of carbonyl (C=O) groups is 1. The maximum absolute atomic E-state index is 10.8. The molecule has 0 fully saturated rings. The van der Waals surface area contributed by atoms with Crippen LogP contribution in [0.2, 0.25) is 0 Å². The molecule has 0 atom stereocenters. The normalized spacial score (nSPS) is 10.6. The molecule has 0 aliphatic rings. The smallest absolute Gasteiger partial charge is 0.150 e. The molecule has 0 saturated carbocycles. The maximum Gasteiger partial charge on any atom is 0.150 e. The van der Waals surface area contributed by atoms with Gasteiger partial charge >= 0.3 is 0 Å². The van der Waals surface area contributed by atoms with Crippen LogP contribution in [0.25, 0.3) is 10.1 Å². The predicted octanol–water partition coefficient (Wildman–Crippen LogP) is 3.31. The number of hydrogen-bond donors (Lipinski definition) is 1. The first-order valence-corrected chi connectivity index (χ1v) is 5.21. The summed E-state index contributed by atoms with van der Waals surface area (Å²) in [6, 6.07) is 3.68. The number of benzene rings is 1. The molecule has 2 aromatic rings. The first-order chi connectivity index (χ1) is 6.24. The number of rotatable bonds is 1. The van der Waals surface area contributed by atoms with Crippen LogP contribution in [0.5, 0.6) is 0 Å². The second-order valence-corrected chi connectivity index (χ2v) is 4.28. The van der Waals surface area contributed by atoms with Crippen LogP contribution in [0.1, 0.15) is 15.9 Å². The molecule has 1 nitrogen and oxygen atoms in total. The standard InChI is InChI=1S/C10H8OS2/c1-6-5-13-10-8(12)3-2-7(4-11)9(6)10/h2-5,12H,1H3. The average Bonchev–Trinajstić information content (AvgIpc) is 2.51. The summed E-state index contributed by atoms with van der Waals surface area (Å²) in [6.07, 6.45) is 0.898. The van der Waals surface area contributed by atoms with Crippen LogP contribution in [-0.2, 0) is 0 Å². The Kier molecular flexibility index (Phi) is 2.14. The third-order valence-electron chi connectivity index (χ3n) is 2.04. The summed E-state index contributed by atoms with van der Waals surface area (Å²) in [7, 11) is 0. The van der Waals surface area contributed by atoms with Crippen molar-refractivity contribution >= 4 is 40.3 Å². The minimum atomic E-state index is 0.756. The summed E-state index contributed by atoms with van der Waals surface area (Å²) in [5.41, 5.74) is 1.91. The van der Waals surface area contributed by atoms with Crippen LogP contribution in [0.4, 0.5) is 0 Å². The highest BCUT2D eigenvalue weighted by Gasteiger charge is 2.07. The summed E-state index contributed by atoms with van der Waals surface area (Å²) in [4.78, 5) is 11.7. The van der Waals surface area contributed by atoms with Gasteiger partial charge in [-0.05, 0) is 30.0 Å². The molecule has 0 aliphatic heterocycles. The molecule has 0 unspecified atom stereocenters. The highest BCUT2D eigenvalue weighted by molar-refractivity contribution is 7.80. The van der Waals surface area contributed by atoms with Crippen molar-refractivity contribution in [2.75, 3.05) is 0 Å². The minimum absolute atomic E-state index is 0.756. The van der Waals surface area contributed by atoms with Gasteiger partial charge < -0.3 is 0 Å². The van der Waals surface area contributed by atoms with E-state index in [9.17, 15) is 4.79 Å². The Bertz CT molecular complexity index is 471. The van der Waals surface area contributed by atoms with E-state index < -0.39 is 0 Å². The highest BCUT2D eigenvalue weighted by atomic mass is 32.1. The second kappa shape index (κ2) is 3.16. The largest absolute Gasteiger partial charge is 0.298 e. The Morgan fingerprint density at radius 2 is 2.23 bits per heavy atom. The first kappa shape index (κ1) is 8.78. The number of carbonyl (C=O) groups excluding carboxylic acids is 1. The van der Waals surface area contributed by atoms with Gasteiger partial charge in [0.1, 0.15) is 0 Å². The van der Waals surface area contributed by atoms with E-state index in [4.69, 9.17) is 0 Å². The maximum atomic E-state index is 10.8. The van der Waals surface area contributed by atoms with Gasteiger partial charge in [0.2, 0.25) is 0 Å². The molecule has 1 heterocycles. The van der Waals surface area contributed by atoms with E-state index in [2.05, 4.69) is 18.0 Å². The Morgan fingerprint density at radius 3 is 2.92 bits per heavy atom. The summed E-state index contributed by atoms with van der Waals surface area (Å²) in [5, 5.41) is 3.10. The van der Waals surface area contributed by atoms with Crippen LogP contribution < -0.4 is 0 Å². The predicted molar refractivity (Wildman–Crippen MR) is 59.2 cm³/mol. The fourth-order valence-electron chi connectivity index (χ4n) is 1.42. The Labute approximate surface area is 85.8 Å². The summed E-state index contributed by atoms with van der Waals surface area (Å²) >= 11 is 5.98. The number of aryl methyl sites for hydroxylation is 1. The first-order valence-electron chi connectivity index (χ1n) is 3.89. The van der Waals surface area contributed by atoms with Crippen LogP contribution >= 0.6 is 24.0 Å². The van der Waals surface area contributed by atoms with Gasteiger partial charge in [-0.25, -0.2) is 0 Å². The lowest BCUT2D eigenvalue weighted by atomic mass is 10.1. The molecule has 0 aliphatic carbocycles. The second-order valence-electron chi connectivity index (χ2n) is 2.91. The molecular formula is C10H8OS2. The SMILES string of the molecule is Cc1csc2c(S)ccc(C=O)c12. The van der Waals surface area contributed by atoms with E-state index in [1.165, 1.54) is 0 Å². The van der Waals surface area contributed by atoms with Gasteiger partial charge in [0.25, 0.3) is 0 Å². The van der Waals surface area contributed by atoms with E-state index in [1.807, 2.05) is 19.1 Å². The zero-order valence-corrected chi connectivity index (χ0v) is 8.78. The van der Waals surface area contributed by atoms with Crippen molar-refractivity contribution in [3.63, 3.8) is 0 Å². The molecule has 3 heteroatoms. The number of hydrogen-bond acceptors (Lipinski definition) is 3. The Morgan fingerprint density at radius 1 is 1.46 bits per heavy atom. The fraction of sp³-hybridized carbons (Fsp3) is 0.100. The van der Waals surface area contributed by atoms with Crippen LogP contribution in [0.15, 0.2) is 22.4 Å². The van der Waals surface area contributed by atoms with Gasteiger partial charge in [-0.3, -0.25) is 4.79 Å². The number of thiophene rings is 1. The number of aldehydes is 1. The third-order valence-corrected chi connectivity index (χ3v) is 3.70. The molecule has 13 heavy (non-hydrogen) atoms. The summed E-state index contributed by atoms with van der Waals surface area (Å²) < 4.78 is 1.10. The molecule has 0 bridgehead atoms. The van der Waals surface area contributed by atoms with Crippen molar-refractivity contribution in [3.05, 3.63) is 28.6 Å². The van der Waals surface area contributed by atoms with Gasteiger partial charge in [0, 0.05) is 20.5 Å². The van der Waals surface area contributed by atoms with Crippen molar-refractivity contribution in [2.45, 2.75) is 11.8 Å². The van der Waals surface area contributed by atoms with Gasteiger partial charge in [-0.1, -0.05) is 0 Å². The van der Waals surface area contributed by atoms with E-state index >= 15 is 0 Å². The molecule has 1 aromatic heterocycles. The van der Waals surface area contributed by atoms with Gasteiger partial charge in [-0.15, -0.1) is 24.0 Å².